The Morgan fingerprint density at radius 1 is 1.00 bits per heavy atom. The number of rotatable bonds is 5. The molecule has 3 fully saturated rings. The summed E-state index contributed by atoms with van der Waals surface area (Å²) in [7, 11) is 0. The van der Waals surface area contributed by atoms with E-state index in [9.17, 15) is 0 Å². The molecule has 110 valence electrons. The molecule has 0 amide bonds. The van der Waals surface area contributed by atoms with Gasteiger partial charge in [0.25, 0.3) is 0 Å². The summed E-state index contributed by atoms with van der Waals surface area (Å²) in [5, 5.41) is 0. The topological polar surface area (TPSA) is 12.5 Å². The zero-order chi connectivity index (χ0) is 13.5. The van der Waals surface area contributed by atoms with Gasteiger partial charge in [-0.3, -0.25) is 4.90 Å². The molecule has 2 bridgehead atoms. The molecule has 2 heterocycles. The van der Waals surface area contributed by atoms with E-state index in [1.54, 1.807) is 0 Å². The predicted octanol–water partition coefficient (Wildman–Crippen LogP) is 3.84. The Morgan fingerprint density at radius 3 is 2.16 bits per heavy atom. The van der Waals surface area contributed by atoms with E-state index in [0.29, 0.717) is 0 Å². The summed E-state index contributed by atoms with van der Waals surface area (Å²) in [6.45, 7) is 8.84. The number of hydrogen-bond donors (Lipinski definition) is 0. The lowest BCUT2D eigenvalue weighted by atomic mass is 9.98. The third-order valence-corrected chi connectivity index (χ3v) is 5.31. The number of nitrogens with zero attached hydrogens (tertiary/aromatic N) is 1. The zero-order valence-electron chi connectivity index (χ0n) is 13.0. The molecule has 2 heteroatoms. The molecule has 1 saturated carbocycles. The van der Waals surface area contributed by atoms with E-state index < -0.39 is 0 Å². The molecule has 2 nitrogen and oxygen atoms in total. The van der Waals surface area contributed by atoms with E-state index in [2.05, 4.69) is 25.7 Å². The zero-order valence-corrected chi connectivity index (χ0v) is 13.0. The summed E-state index contributed by atoms with van der Waals surface area (Å²) in [6, 6.07) is 1.82. The molecule has 3 aliphatic rings. The monoisotopic (exact) mass is 265 g/mol. The minimum atomic E-state index is 0.0218. The smallest absolute Gasteiger partial charge is 0.0598 e. The van der Waals surface area contributed by atoms with E-state index in [1.165, 1.54) is 51.5 Å². The Labute approximate surface area is 118 Å². The second kappa shape index (κ2) is 5.37. The standard InChI is InChI=1S/C17H31NO/c1-17(2,3)19-12-14(13-7-8-13)11-18-15-5-4-6-16(18)10-9-15/h13-16H,4-12H2,1-3H3/t14-,15?,16?/m1/s1. The van der Waals surface area contributed by atoms with Gasteiger partial charge in [-0.05, 0) is 71.1 Å². The summed E-state index contributed by atoms with van der Waals surface area (Å²) < 4.78 is 6.10. The number of hydrogen-bond acceptors (Lipinski definition) is 2. The number of ether oxygens (including phenoxy) is 1. The van der Waals surface area contributed by atoms with Crippen molar-refractivity contribution in [1.82, 2.24) is 4.90 Å². The van der Waals surface area contributed by atoms with Crippen LogP contribution in [0.3, 0.4) is 0 Å². The minimum absolute atomic E-state index is 0.0218. The summed E-state index contributed by atoms with van der Waals surface area (Å²) in [6.07, 6.45) is 10.2. The molecule has 2 unspecified atom stereocenters. The first-order valence-electron chi connectivity index (χ1n) is 8.42. The highest BCUT2D eigenvalue weighted by Gasteiger charge is 2.40. The van der Waals surface area contributed by atoms with E-state index in [4.69, 9.17) is 4.74 Å². The van der Waals surface area contributed by atoms with E-state index in [-0.39, 0.29) is 5.60 Å². The van der Waals surface area contributed by atoms with Crippen LogP contribution in [-0.4, -0.2) is 35.7 Å². The first kappa shape index (κ1) is 13.9. The first-order chi connectivity index (χ1) is 9.03. The summed E-state index contributed by atoms with van der Waals surface area (Å²) in [5.41, 5.74) is 0.0218. The Morgan fingerprint density at radius 2 is 1.63 bits per heavy atom. The van der Waals surface area contributed by atoms with Crippen molar-refractivity contribution in [3.63, 3.8) is 0 Å². The van der Waals surface area contributed by atoms with Crippen molar-refractivity contribution in [2.24, 2.45) is 11.8 Å². The second-order valence-corrected chi connectivity index (χ2v) is 8.03. The van der Waals surface area contributed by atoms with E-state index in [1.807, 2.05) is 0 Å². The fourth-order valence-corrected chi connectivity index (χ4v) is 4.06. The van der Waals surface area contributed by atoms with Crippen LogP contribution in [0.15, 0.2) is 0 Å². The Hall–Kier alpha value is -0.0800. The molecular formula is C17H31NO. The van der Waals surface area contributed by atoms with Gasteiger partial charge in [0.05, 0.1) is 12.2 Å². The Kier molecular flexibility index (Phi) is 3.92. The fraction of sp³-hybridized carbons (Fsp3) is 1.00. The SMILES string of the molecule is CC(C)(C)OC[C@@H](CN1C2CCCC1CC2)C1CC1. The van der Waals surface area contributed by atoms with Crippen LogP contribution >= 0.6 is 0 Å². The van der Waals surface area contributed by atoms with Crippen LogP contribution in [-0.2, 0) is 4.74 Å². The first-order valence-corrected chi connectivity index (χ1v) is 8.42. The molecule has 3 rings (SSSR count). The van der Waals surface area contributed by atoms with Gasteiger partial charge < -0.3 is 4.74 Å². The van der Waals surface area contributed by atoms with Crippen LogP contribution in [0.1, 0.15) is 65.7 Å². The normalized spacial score (nSPS) is 33.6. The maximum Gasteiger partial charge on any atom is 0.0598 e. The van der Waals surface area contributed by atoms with Crippen LogP contribution in [0.2, 0.25) is 0 Å². The van der Waals surface area contributed by atoms with Gasteiger partial charge >= 0.3 is 0 Å². The average molecular weight is 265 g/mol. The fourth-order valence-electron chi connectivity index (χ4n) is 4.06. The van der Waals surface area contributed by atoms with Gasteiger partial charge in [0.2, 0.25) is 0 Å². The molecule has 0 aromatic heterocycles. The van der Waals surface area contributed by atoms with Crippen molar-refractivity contribution >= 4 is 0 Å². The highest BCUT2D eigenvalue weighted by molar-refractivity contribution is 4.94. The maximum absolute atomic E-state index is 6.10. The largest absolute Gasteiger partial charge is 0.376 e. The molecule has 0 aromatic rings. The second-order valence-electron chi connectivity index (χ2n) is 8.03. The third-order valence-electron chi connectivity index (χ3n) is 5.31. The van der Waals surface area contributed by atoms with Crippen LogP contribution in [0.4, 0.5) is 0 Å². The van der Waals surface area contributed by atoms with Crippen LogP contribution < -0.4 is 0 Å². The van der Waals surface area contributed by atoms with Crippen LogP contribution in [0, 0.1) is 11.8 Å². The molecule has 0 N–H and O–H groups in total. The molecule has 19 heavy (non-hydrogen) atoms. The van der Waals surface area contributed by atoms with Crippen molar-refractivity contribution in [3.05, 3.63) is 0 Å². The molecule has 0 radical (unpaired) electrons. The molecule has 0 aromatic carbocycles. The maximum atomic E-state index is 6.10. The molecule has 0 spiro atoms. The van der Waals surface area contributed by atoms with Crippen LogP contribution in [0.5, 0.6) is 0 Å². The van der Waals surface area contributed by atoms with E-state index >= 15 is 0 Å². The van der Waals surface area contributed by atoms with Gasteiger partial charge in [0.1, 0.15) is 0 Å². The lowest BCUT2D eigenvalue weighted by Crippen LogP contribution is -2.44. The third kappa shape index (κ3) is 3.52. The van der Waals surface area contributed by atoms with Gasteiger partial charge in [0.15, 0.2) is 0 Å². The van der Waals surface area contributed by atoms with Crippen molar-refractivity contribution in [1.29, 1.82) is 0 Å². The van der Waals surface area contributed by atoms with Crippen molar-refractivity contribution in [3.8, 4) is 0 Å². The van der Waals surface area contributed by atoms with Crippen LogP contribution in [0.25, 0.3) is 0 Å². The molecular weight excluding hydrogens is 234 g/mol. The van der Waals surface area contributed by atoms with Crippen molar-refractivity contribution in [2.75, 3.05) is 13.2 Å². The van der Waals surface area contributed by atoms with Gasteiger partial charge in [-0.25, -0.2) is 0 Å². The molecule has 3 atom stereocenters. The highest BCUT2D eigenvalue weighted by atomic mass is 16.5. The molecule has 1 aliphatic carbocycles. The summed E-state index contributed by atoms with van der Waals surface area (Å²) >= 11 is 0. The molecule has 2 aliphatic heterocycles. The van der Waals surface area contributed by atoms with Gasteiger partial charge in [0, 0.05) is 18.6 Å². The van der Waals surface area contributed by atoms with Gasteiger partial charge in [-0.15, -0.1) is 0 Å². The predicted molar refractivity (Wildman–Crippen MR) is 79.3 cm³/mol. The van der Waals surface area contributed by atoms with Crippen molar-refractivity contribution in [2.45, 2.75) is 83.4 Å². The lowest BCUT2D eigenvalue weighted by Gasteiger charge is -2.37. The van der Waals surface area contributed by atoms with Crippen molar-refractivity contribution < 1.29 is 4.74 Å². The van der Waals surface area contributed by atoms with E-state index in [0.717, 1.165) is 30.5 Å². The lowest BCUT2D eigenvalue weighted by molar-refractivity contribution is -0.0361. The quantitative estimate of drug-likeness (QED) is 0.749. The summed E-state index contributed by atoms with van der Waals surface area (Å²) in [4.78, 5) is 2.86. The summed E-state index contributed by atoms with van der Waals surface area (Å²) in [5.74, 6) is 1.75. The molecule has 2 saturated heterocycles. The highest BCUT2D eigenvalue weighted by Crippen LogP contribution is 2.41. The number of fused-ring (bicyclic) bond motifs is 2. The minimum Gasteiger partial charge on any atom is -0.376 e. The average Bonchev–Trinajstić information content (AvgIpc) is 3.13. The number of piperidine rings is 1. The van der Waals surface area contributed by atoms with Gasteiger partial charge in [-0.1, -0.05) is 6.42 Å². The Balaban J connectivity index is 1.56. The van der Waals surface area contributed by atoms with Gasteiger partial charge in [-0.2, -0.15) is 0 Å². The Bertz CT molecular complexity index is 289.